The van der Waals surface area contributed by atoms with Gasteiger partial charge in [0.25, 0.3) is 0 Å². The van der Waals surface area contributed by atoms with Gasteiger partial charge in [0, 0.05) is 12.0 Å². The first-order valence-electron chi connectivity index (χ1n) is 6.77. The average molecular weight is 295 g/mol. The first kappa shape index (κ1) is 13.4. The van der Waals surface area contributed by atoms with Crippen LogP contribution >= 0.6 is 11.8 Å². The summed E-state index contributed by atoms with van der Waals surface area (Å²) in [4.78, 5) is 22.8. The maximum Gasteiger partial charge on any atom is 0.237 e. The van der Waals surface area contributed by atoms with Gasteiger partial charge >= 0.3 is 0 Å². The van der Waals surface area contributed by atoms with E-state index in [4.69, 9.17) is 5.73 Å². The van der Waals surface area contributed by atoms with Crippen LogP contribution in [0.3, 0.4) is 0 Å². The van der Waals surface area contributed by atoms with E-state index in [0.29, 0.717) is 17.1 Å². The number of aromatic nitrogens is 3. The van der Waals surface area contributed by atoms with E-state index in [-0.39, 0.29) is 18.2 Å². The number of rotatable bonds is 7. The van der Waals surface area contributed by atoms with Crippen molar-refractivity contribution in [3.63, 3.8) is 0 Å². The second-order valence-corrected chi connectivity index (χ2v) is 6.24. The quantitative estimate of drug-likeness (QED) is 0.690. The number of carbonyl (C=O) groups is 2. The SMILES string of the molecule is NC(=O)Cn1c(SCC(=O)NC2CC2)nnc1C1CC1. The molecule has 1 aromatic rings. The fraction of sp³-hybridized carbons (Fsp3) is 0.667. The number of nitrogens with one attached hydrogen (secondary N) is 1. The third-order valence-corrected chi connectivity index (χ3v) is 4.24. The lowest BCUT2D eigenvalue weighted by atomic mass is 10.4. The molecule has 1 aromatic heterocycles. The third kappa shape index (κ3) is 3.30. The number of hydrogen-bond acceptors (Lipinski definition) is 5. The van der Waals surface area contributed by atoms with Gasteiger partial charge in [0.1, 0.15) is 12.4 Å². The monoisotopic (exact) mass is 295 g/mol. The van der Waals surface area contributed by atoms with Crippen LogP contribution in [0.25, 0.3) is 0 Å². The molecule has 2 fully saturated rings. The lowest BCUT2D eigenvalue weighted by Gasteiger charge is -2.07. The van der Waals surface area contributed by atoms with E-state index in [9.17, 15) is 9.59 Å². The van der Waals surface area contributed by atoms with Gasteiger partial charge in [0.15, 0.2) is 5.16 Å². The van der Waals surface area contributed by atoms with E-state index in [1.165, 1.54) is 11.8 Å². The van der Waals surface area contributed by atoms with Crippen LogP contribution < -0.4 is 11.1 Å². The number of nitrogens with zero attached hydrogens (tertiary/aromatic N) is 3. The third-order valence-electron chi connectivity index (χ3n) is 3.28. The van der Waals surface area contributed by atoms with Crippen molar-refractivity contribution in [1.29, 1.82) is 0 Å². The smallest absolute Gasteiger partial charge is 0.237 e. The number of primary amides is 1. The fourth-order valence-electron chi connectivity index (χ4n) is 1.98. The molecule has 2 aliphatic rings. The minimum atomic E-state index is -0.420. The molecule has 0 aromatic carbocycles. The molecule has 2 amide bonds. The summed E-state index contributed by atoms with van der Waals surface area (Å²) < 4.78 is 1.75. The lowest BCUT2D eigenvalue weighted by molar-refractivity contribution is -0.119. The highest BCUT2D eigenvalue weighted by molar-refractivity contribution is 7.99. The Kier molecular flexibility index (Phi) is 3.64. The zero-order chi connectivity index (χ0) is 14.1. The van der Waals surface area contributed by atoms with Gasteiger partial charge in [-0.15, -0.1) is 10.2 Å². The molecule has 0 aliphatic heterocycles. The number of nitrogens with two attached hydrogens (primary N) is 1. The van der Waals surface area contributed by atoms with E-state index in [1.807, 2.05) is 0 Å². The van der Waals surface area contributed by atoms with Crippen LogP contribution in [0, 0.1) is 0 Å². The average Bonchev–Trinajstić information content (AvgIpc) is 3.28. The van der Waals surface area contributed by atoms with Crippen molar-refractivity contribution in [2.75, 3.05) is 5.75 Å². The molecule has 0 saturated heterocycles. The normalized spacial score (nSPS) is 18.0. The van der Waals surface area contributed by atoms with Crippen LogP contribution in [0.1, 0.15) is 37.4 Å². The van der Waals surface area contributed by atoms with Gasteiger partial charge in [-0.05, 0) is 25.7 Å². The highest BCUT2D eigenvalue weighted by Gasteiger charge is 2.31. The Bertz CT molecular complexity index is 536. The topological polar surface area (TPSA) is 103 Å². The van der Waals surface area contributed by atoms with Crippen LogP contribution in [0.5, 0.6) is 0 Å². The Labute approximate surface area is 120 Å². The van der Waals surface area contributed by atoms with E-state index in [0.717, 1.165) is 31.5 Å². The molecule has 108 valence electrons. The number of carbonyl (C=O) groups excluding carboxylic acids is 2. The molecular weight excluding hydrogens is 278 g/mol. The fourth-order valence-corrected chi connectivity index (χ4v) is 2.74. The summed E-state index contributed by atoms with van der Waals surface area (Å²) in [5, 5.41) is 11.7. The van der Waals surface area contributed by atoms with Crippen LogP contribution in [0.15, 0.2) is 5.16 Å². The van der Waals surface area contributed by atoms with Crippen molar-refractivity contribution >= 4 is 23.6 Å². The summed E-state index contributed by atoms with van der Waals surface area (Å²) in [7, 11) is 0. The van der Waals surface area contributed by atoms with Crippen molar-refractivity contribution in [2.45, 2.75) is 49.3 Å². The molecule has 2 saturated carbocycles. The van der Waals surface area contributed by atoms with Gasteiger partial charge in [0.05, 0.1) is 5.75 Å². The minimum absolute atomic E-state index is 0.000836. The van der Waals surface area contributed by atoms with Crippen molar-refractivity contribution in [3.8, 4) is 0 Å². The summed E-state index contributed by atoms with van der Waals surface area (Å²) in [6.07, 6.45) is 4.29. The van der Waals surface area contributed by atoms with Crippen molar-refractivity contribution in [3.05, 3.63) is 5.82 Å². The Morgan fingerprint density at radius 1 is 1.30 bits per heavy atom. The highest BCUT2D eigenvalue weighted by atomic mass is 32.2. The lowest BCUT2D eigenvalue weighted by Crippen LogP contribution is -2.27. The number of hydrogen-bond donors (Lipinski definition) is 2. The minimum Gasteiger partial charge on any atom is -0.368 e. The van der Waals surface area contributed by atoms with Gasteiger partial charge < -0.3 is 11.1 Å². The predicted octanol–water partition coefficient (Wildman–Crippen LogP) is 0.0115. The molecule has 0 radical (unpaired) electrons. The summed E-state index contributed by atoms with van der Waals surface area (Å²) in [5.74, 6) is 1.07. The molecule has 0 unspecified atom stereocenters. The van der Waals surface area contributed by atoms with E-state index in [2.05, 4.69) is 15.5 Å². The molecule has 2 aliphatic carbocycles. The Morgan fingerprint density at radius 3 is 2.65 bits per heavy atom. The maximum atomic E-state index is 11.7. The number of thioether (sulfide) groups is 1. The first-order valence-corrected chi connectivity index (χ1v) is 7.75. The molecule has 3 N–H and O–H groups in total. The zero-order valence-corrected chi connectivity index (χ0v) is 11.9. The largest absolute Gasteiger partial charge is 0.368 e. The summed E-state index contributed by atoms with van der Waals surface area (Å²) >= 11 is 1.30. The standard InChI is InChI=1S/C12H17N5O2S/c13-9(18)5-17-11(7-1-2-7)15-16-12(17)20-6-10(19)14-8-3-4-8/h7-8H,1-6H2,(H2,13,18)(H,14,19). The summed E-state index contributed by atoms with van der Waals surface area (Å²) in [6, 6.07) is 0.355. The maximum absolute atomic E-state index is 11.7. The summed E-state index contributed by atoms with van der Waals surface area (Å²) in [5.41, 5.74) is 5.27. The van der Waals surface area contributed by atoms with Crippen LogP contribution in [-0.4, -0.2) is 38.4 Å². The van der Waals surface area contributed by atoms with Crippen LogP contribution in [-0.2, 0) is 16.1 Å². The van der Waals surface area contributed by atoms with Gasteiger partial charge in [-0.2, -0.15) is 0 Å². The van der Waals surface area contributed by atoms with E-state index >= 15 is 0 Å². The highest BCUT2D eigenvalue weighted by Crippen LogP contribution is 2.39. The second kappa shape index (κ2) is 5.43. The molecule has 8 heteroatoms. The Balaban J connectivity index is 1.64. The molecule has 0 atom stereocenters. The van der Waals surface area contributed by atoms with Crippen LogP contribution in [0.2, 0.25) is 0 Å². The first-order chi connectivity index (χ1) is 9.63. The second-order valence-electron chi connectivity index (χ2n) is 5.30. The van der Waals surface area contributed by atoms with Gasteiger partial charge in [-0.25, -0.2) is 0 Å². The Hall–Kier alpha value is -1.57. The summed E-state index contributed by atoms with van der Waals surface area (Å²) in [6.45, 7) is 0.0748. The van der Waals surface area contributed by atoms with Crippen molar-refractivity contribution in [2.24, 2.45) is 5.73 Å². The van der Waals surface area contributed by atoms with Crippen molar-refractivity contribution < 1.29 is 9.59 Å². The Morgan fingerprint density at radius 2 is 2.05 bits per heavy atom. The molecule has 1 heterocycles. The van der Waals surface area contributed by atoms with Crippen LogP contribution in [0.4, 0.5) is 0 Å². The van der Waals surface area contributed by atoms with Crippen molar-refractivity contribution in [1.82, 2.24) is 20.1 Å². The molecule has 3 rings (SSSR count). The molecule has 0 bridgehead atoms. The van der Waals surface area contributed by atoms with E-state index in [1.54, 1.807) is 4.57 Å². The molecular formula is C12H17N5O2S. The zero-order valence-electron chi connectivity index (χ0n) is 11.0. The predicted molar refractivity (Wildman–Crippen MR) is 73.1 cm³/mol. The molecule has 0 spiro atoms. The van der Waals surface area contributed by atoms with Gasteiger partial charge in [-0.1, -0.05) is 11.8 Å². The molecule has 7 nitrogen and oxygen atoms in total. The number of amides is 2. The van der Waals surface area contributed by atoms with E-state index < -0.39 is 5.91 Å². The van der Waals surface area contributed by atoms with Gasteiger partial charge in [0.2, 0.25) is 11.8 Å². The molecule has 20 heavy (non-hydrogen) atoms. The van der Waals surface area contributed by atoms with Gasteiger partial charge in [-0.3, -0.25) is 14.2 Å².